The molecule has 0 heterocycles. The molecule has 5 heteroatoms. The molecule has 0 aliphatic rings. The van der Waals surface area contributed by atoms with Crippen molar-refractivity contribution in [2.75, 3.05) is 6.26 Å². The average molecular weight is 340 g/mol. The van der Waals surface area contributed by atoms with E-state index in [1.165, 1.54) is 0 Å². The van der Waals surface area contributed by atoms with Crippen molar-refractivity contribution < 1.29 is 4.79 Å². The molecule has 0 radical (unpaired) electrons. The zero-order valence-electron chi connectivity index (χ0n) is 11.5. The van der Waals surface area contributed by atoms with Gasteiger partial charge in [0.15, 0.2) is 0 Å². The van der Waals surface area contributed by atoms with Crippen LogP contribution in [0.5, 0.6) is 0 Å². The van der Waals surface area contributed by atoms with Gasteiger partial charge < -0.3 is 5.32 Å². The summed E-state index contributed by atoms with van der Waals surface area (Å²) >= 11 is 13.7. The van der Waals surface area contributed by atoms with Crippen LogP contribution in [0.4, 0.5) is 0 Å². The van der Waals surface area contributed by atoms with Gasteiger partial charge in [0.25, 0.3) is 5.91 Å². The Hall–Kier alpha value is -1.16. The maximum atomic E-state index is 12.2. The third-order valence-corrected chi connectivity index (χ3v) is 4.16. The van der Waals surface area contributed by atoms with Crippen LogP contribution in [0.3, 0.4) is 0 Å². The minimum atomic E-state index is -0.107. The second kappa shape index (κ2) is 7.74. The summed E-state index contributed by atoms with van der Waals surface area (Å²) in [4.78, 5) is 12.2. The van der Waals surface area contributed by atoms with E-state index in [4.69, 9.17) is 23.2 Å². The molecule has 2 aromatic rings. The summed E-state index contributed by atoms with van der Waals surface area (Å²) in [6, 6.07) is 12.9. The Balaban J connectivity index is 2.02. The molecule has 0 saturated heterocycles. The van der Waals surface area contributed by atoms with E-state index in [0.29, 0.717) is 22.2 Å². The lowest BCUT2D eigenvalue weighted by atomic mass is 10.1. The first-order chi connectivity index (χ1) is 10.1. The van der Waals surface area contributed by atoms with Gasteiger partial charge in [0, 0.05) is 27.9 Å². The summed E-state index contributed by atoms with van der Waals surface area (Å²) in [5, 5.41) is 4.01. The lowest BCUT2D eigenvalue weighted by Gasteiger charge is -2.08. The van der Waals surface area contributed by atoms with Crippen LogP contribution in [-0.2, 0) is 12.3 Å². The van der Waals surface area contributed by atoms with Gasteiger partial charge in [0.05, 0.1) is 0 Å². The zero-order valence-corrected chi connectivity index (χ0v) is 13.9. The predicted molar refractivity (Wildman–Crippen MR) is 91.3 cm³/mol. The highest BCUT2D eigenvalue weighted by Crippen LogP contribution is 2.21. The molecule has 1 amide bonds. The van der Waals surface area contributed by atoms with E-state index in [1.54, 1.807) is 23.9 Å². The van der Waals surface area contributed by atoms with Crippen LogP contribution >= 0.6 is 35.0 Å². The van der Waals surface area contributed by atoms with Gasteiger partial charge in [-0.15, -0.1) is 0 Å². The SMILES string of the molecule is CSCc1cccc(C(=O)NCc2ccc(Cl)cc2Cl)c1. The van der Waals surface area contributed by atoms with Crippen molar-refractivity contribution in [2.45, 2.75) is 12.3 Å². The van der Waals surface area contributed by atoms with Crippen molar-refractivity contribution >= 4 is 40.9 Å². The third-order valence-electron chi connectivity index (χ3n) is 2.95. The molecule has 0 spiro atoms. The first-order valence-electron chi connectivity index (χ1n) is 6.40. The van der Waals surface area contributed by atoms with Crippen LogP contribution < -0.4 is 5.32 Å². The van der Waals surface area contributed by atoms with Crippen LogP contribution in [0.2, 0.25) is 10.0 Å². The van der Waals surface area contributed by atoms with E-state index < -0.39 is 0 Å². The van der Waals surface area contributed by atoms with Crippen LogP contribution in [0.25, 0.3) is 0 Å². The van der Waals surface area contributed by atoms with Crippen molar-refractivity contribution in [3.8, 4) is 0 Å². The second-order valence-electron chi connectivity index (χ2n) is 4.55. The van der Waals surface area contributed by atoms with E-state index >= 15 is 0 Å². The van der Waals surface area contributed by atoms with Gasteiger partial charge in [-0.05, 0) is 41.6 Å². The van der Waals surface area contributed by atoms with Crippen LogP contribution in [-0.4, -0.2) is 12.2 Å². The fourth-order valence-corrected chi connectivity index (χ4v) is 2.90. The molecular weight excluding hydrogens is 325 g/mol. The summed E-state index contributed by atoms with van der Waals surface area (Å²) < 4.78 is 0. The van der Waals surface area contributed by atoms with E-state index in [9.17, 15) is 4.79 Å². The maximum Gasteiger partial charge on any atom is 0.251 e. The molecule has 21 heavy (non-hydrogen) atoms. The minimum Gasteiger partial charge on any atom is -0.348 e. The Morgan fingerprint density at radius 1 is 1.19 bits per heavy atom. The molecule has 0 aliphatic heterocycles. The van der Waals surface area contributed by atoms with Gasteiger partial charge in [-0.3, -0.25) is 4.79 Å². The van der Waals surface area contributed by atoms with Crippen LogP contribution in [0.15, 0.2) is 42.5 Å². The first kappa shape index (κ1) is 16.2. The van der Waals surface area contributed by atoms with E-state index in [1.807, 2.05) is 36.6 Å². The van der Waals surface area contributed by atoms with E-state index in [-0.39, 0.29) is 5.91 Å². The number of hydrogen-bond donors (Lipinski definition) is 1. The van der Waals surface area contributed by atoms with Crippen molar-refractivity contribution in [3.05, 3.63) is 69.2 Å². The number of amides is 1. The Labute approximate surface area is 138 Å². The van der Waals surface area contributed by atoms with Crippen LogP contribution in [0.1, 0.15) is 21.5 Å². The summed E-state index contributed by atoms with van der Waals surface area (Å²) in [6.07, 6.45) is 2.04. The summed E-state index contributed by atoms with van der Waals surface area (Å²) in [6.45, 7) is 0.377. The second-order valence-corrected chi connectivity index (χ2v) is 6.26. The first-order valence-corrected chi connectivity index (χ1v) is 8.55. The average Bonchev–Trinajstić information content (AvgIpc) is 2.47. The van der Waals surface area contributed by atoms with Gasteiger partial charge in [0.1, 0.15) is 0 Å². The smallest absolute Gasteiger partial charge is 0.251 e. The van der Waals surface area contributed by atoms with Gasteiger partial charge in [-0.1, -0.05) is 41.4 Å². The number of hydrogen-bond acceptors (Lipinski definition) is 2. The van der Waals surface area contributed by atoms with E-state index in [2.05, 4.69) is 5.32 Å². The highest BCUT2D eigenvalue weighted by atomic mass is 35.5. The number of carbonyl (C=O) groups is 1. The summed E-state index contributed by atoms with van der Waals surface area (Å²) in [5.74, 6) is 0.786. The number of thioether (sulfide) groups is 1. The number of rotatable bonds is 5. The normalized spacial score (nSPS) is 10.4. The number of benzene rings is 2. The highest BCUT2D eigenvalue weighted by molar-refractivity contribution is 7.97. The molecule has 0 fully saturated rings. The largest absolute Gasteiger partial charge is 0.348 e. The zero-order chi connectivity index (χ0) is 15.2. The molecule has 0 aromatic heterocycles. The molecular formula is C16H15Cl2NOS. The van der Waals surface area contributed by atoms with Gasteiger partial charge in [-0.2, -0.15) is 11.8 Å². The van der Waals surface area contributed by atoms with Crippen LogP contribution in [0, 0.1) is 0 Å². The summed E-state index contributed by atoms with van der Waals surface area (Å²) in [7, 11) is 0. The molecule has 0 saturated carbocycles. The Bertz CT molecular complexity index is 646. The molecule has 2 rings (SSSR count). The number of carbonyl (C=O) groups excluding carboxylic acids is 1. The quantitative estimate of drug-likeness (QED) is 0.848. The molecule has 2 aromatic carbocycles. The minimum absolute atomic E-state index is 0.107. The highest BCUT2D eigenvalue weighted by Gasteiger charge is 2.07. The monoisotopic (exact) mass is 339 g/mol. The molecule has 0 unspecified atom stereocenters. The Kier molecular flexibility index (Phi) is 5.97. The lowest BCUT2D eigenvalue weighted by Crippen LogP contribution is -2.23. The fourth-order valence-electron chi connectivity index (χ4n) is 1.91. The standard InChI is InChI=1S/C16H15Cl2NOS/c1-21-10-11-3-2-4-12(7-11)16(20)19-9-13-5-6-14(17)8-15(13)18/h2-8H,9-10H2,1H3,(H,19,20). The molecule has 0 bridgehead atoms. The molecule has 2 nitrogen and oxygen atoms in total. The van der Waals surface area contributed by atoms with Crippen molar-refractivity contribution in [1.82, 2.24) is 5.32 Å². The maximum absolute atomic E-state index is 12.2. The topological polar surface area (TPSA) is 29.1 Å². The van der Waals surface area contributed by atoms with E-state index in [0.717, 1.165) is 16.9 Å². The lowest BCUT2D eigenvalue weighted by molar-refractivity contribution is 0.0951. The summed E-state index contributed by atoms with van der Waals surface area (Å²) in [5.41, 5.74) is 2.64. The number of halogens is 2. The predicted octanol–water partition coefficient (Wildman–Crippen LogP) is 4.79. The Morgan fingerprint density at radius 2 is 2.00 bits per heavy atom. The van der Waals surface area contributed by atoms with Crippen molar-refractivity contribution in [2.24, 2.45) is 0 Å². The molecule has 1 N–H and O–H groups in total. The molecule has 110 valence electrons. The Morgan fingerprint density at radius 3 is 2.71 bits per heavy atom. The molecule has 0 atom stereocenters. The van der Waals surface area contributed by atoms with Gasteiger partial charge in [-0.25, -0.2) is 0 Å². The van der Waals surface area contributed by atoms with Gasteiger partial charge in [0.2, 0.25) is 0 Å². The van der Waals surface area contributed by atoms with Gasteiger partial charge >= 0.3 is 0 Å². The van der Waals surface area contributed by atoms with Crippen molar-refractivity contribution in [3.63, 3.8) is 0 Å². The molecule has 0 aliphatic carbocycles. The third kappa shape index (κ3) is 4.67. The number of nitrogens with one attached hydrogen (secondary N) is 1. The fraction of sp³-hybridized carbons (Fsp3) is 0.188. The van der Waals surface area contributed by atoms with Crippen molar-refractivity contribution in [1.29, 1.82) is 0 Å².